The summed E-state index contributed by atoms with van der Waals surface area (Å²) in [4.78, 5) is 19.9. The molecule has 0 saturated carbocycles. The van der Waals surface area contributed by atoms with Crippen molar-refractivity contribution in [2.24, 2.45) is 12.8 Å². The highest BCUT2D eigenvalue weighted by atomic mass is 19.1. The Morgan fingerprint density at radius 1 is 1.28 bits per heavy atom. The van der Waals surface area contributed by atoms with Crippen molar-refractivity contribution in [2.45, 2.75) is 6.54 Å². The molecule has 0 saturated heterocycles. The second-order valence-corrected chi connectivity index (χ2v) is 5.33. The Morgan fingerprint density at radius 3 is 2.68 bits per heavy atom. The summed E-state index contributed by atoms with van der Waals surface area (Å²) in [5, 5.41) is 10.1. The largest absolute Gasteiger partial charge is 0.365 e. The molecule has 128 valence electrons. The van der Waals surface area contributed by atoms with E-state index in [1.807, 2.05) is 0 Å². The molecule has 0 aliphatic rings. The van der Waals surface area contributed by atoms with Crippen LogP contribution in [0.1, 0.15) is 15.9 Å². The van der Waals surface area contributed by atoms with E-state index < -0.39 is 5.91 Å². The maximum Gasteiger partial charge on any atom is 0.254 e. The van der Waals surface area contributed by atoms with Gasteiger partial charge in [-0.05, 0) is 17.7 Å². The SMILES string of the molecule is Cn1cc(Nc2ncc(C(N)=O)c(NCc3ccc(F)cc3)n2)cn1. The molecule has 8 nitrogen and oxygen atoms in total. The number of anilines is 3. The fourth-order valence-electron chi connectivity index (χ4n) is 2.16. The van der Waals surface area contributed by atoms with E-state index >= 15 is 0 Å². The first-order chi connectivity index (χ1) is 12.0. The van der Waals surface area contributed by atoms with Gasteiger partial charge in [0.15, 0.2) is 0 Å². The third kappa shape index (κ3) is 4.08. The molecule has 0 unspecified atom stereocenters. The number of rotatable bonds is 6. The molecule has 1 aromatic carbocycles. The summed E-state index contributed by atoms with van der Waals surface area (Å²) in [7, 11) is 1.79. The van der Waals surface area contributed by atoms with Crippen LogP contribution >= 0.6 is 0 Å². The summed E-state index contributed by atoms with van der Waals surface area (Å²) < 4.78 is 14.6. The van der Waals surface area contributed by atoms with E-state index in [4.69, 9.17) is 5.73 Å². The molecular formula is C16H16FN7O. The molecule has 0 bridgehead atoms. The van der Waals surface area contributed by atoms with Crippen molar-refractivity contribution in [1.82, 2.24) is 19.7 Å². The minimum absolute atomic E-state index is 0.166. The van der Waals surface area contributed by atoms with Crippen molar-refractivity contribution in [3.8, 4) is 0 Å². The standard InChI is InChI=1S/C16H16FN7O/c1-24-9-12(7-21-24)22-16-20-8-13(14(18)25)15(23-16)19-6-10-2-4-11(17)5-3-10/h2-5,7-9H,6H2,1H3,(H2,18,25)(H2,19,20,22,23). The number of nitrogens with zero attached hydrogens (tertiary/aromatic N) is 4. The molecule has 3 rings (SSSR count). The molecule has 2 heterocycles. The number of nitrogens with two attached hydrogens (primary N) is 1. The first-order valence-corrected chi connectivity index (χ1v) is 7.42. The number of benzene rings is 1. The maximum absolute atomic E-state index is 13.0. The molecule has 9 heteroatoms. The number of primary amides is 1. The van der Waals surface area contributed by atoms with Crippen LogP contribution in [0.5, 0.6) is 0 Å². The summed E-state index contributed by atoms with van der Waals surface area (Å²) in [5.74, 6) is -0.376. The van der Waals surface area contributed by atoms with Gasteiger partial charge in [0.25, 0.3) is 5.91 Å². The predicted octanol–water partition coefficient (Wildman–Crippen LogP) is 1.80. The zero-order valence-corrected chi connectivity index (χ0v) is 13.4. The zero-order chi connectivity index (χ0) is 17.8. The summed E-state index contributed by atoms with van der Waals surface area (Å²) in [6.07, 6.45) is 4.73. The number of carbonyl (C=O) groups is 1. The monoisotopic (exact) mass is 341 g/mol. The Labute approximate surface area is 142 Å². The van der Waals surface area contributed by atoms with Gasteiger partial charge in [-0.1, -0.05) is 12.1 Å². The lowest BCUT2D eigenvalue weighted by Crippen LogP contribution is -2.17. The fourth-order valence-corrected chi connectivity index (χ4v) is 2.16. The number of nitrogens with one attached hydrogen (secondary N) is 2. The Hall–Kier alpha value is -3.49. The van der Waals surface area contributed by atoms with Gasteiger partial charge < -0.3 is 16.4 Å². The lowest BCUT2D eigenvalue weighted by Gasteiger charge is -2.11. The number of aromatic nitrogens is 4. The number of amides is 1. The van der Waals surface area contributed by atoms with Crippen LogP contribution in [0.3, 0.4) is 0 Å². The molecule has 2 aromatic heterocycles. The molecule has 0 atom stereocenters. The van der Waals surface area contributed by atoms with E-state index in [9.17, 15) is 9.18 Å². The van der Waals surface area contributed by atoms with Gasteiger partial charge in [-0.3, -0.25) is 9.48 Å². The first-order valence-electron chi connectivity index (χ1n) is 7.42. The van der Waals surface area contributed by atoms with Crippen molar-refractivity contribution in [3.05, 3.63) is 59.8 Å². The first kappa shape index (κ1) is 16.4. The van der Waals surface area contributed by atoms with Crippen LogP contribution in [0.15, 0.2) is 42.9 Å². The van der Waals surface area contributed by atoms with Gasteiger partial charge in [0.2, 0.25) is 5.95 Å². The van der Waals surface area contributed by atoms with Gasteiger partial charge in [0.1, 0.15) is 11.6 Å². The number of hydrogen-bond acceptors (Lipinski definition) is 6. The third-order valence-electron chi connectivity index (χ3n) is 3.39. The average molecular weight is 341 g/mol. The summed E-state index contributed by atoms with van der Waals surface area (Å²) in [6.45, 7) is 0.351. The van der Waals surface area contributed by atoms with Crippen molar-refractivity contribution in [2.75, 3.05) is 10.6 Å². The van der Waals surface area contributed by atoms with Crippen molar-refractivity contribution < 1.29 is 9.18 Å². The van der Waals surface area contributed by atoms with Gasteiger partial charge >= 0.3 is 0 Å². The molecule has 0 aliphatic heterocycles. The zero-order valence-electron chi connectivity index (χ0n) is 13.4. The second kappa shape index (κ2) is 6.95. The van der Waals surface area contributed by atoms with Gasteiger partial charge in [-0.25, -0.2) is 9.37 Å². The maximum atomic E-state index is 13.0. The van der Waals surface area contributed by atoms with Crippen molar-refractivity contribution >= 4 is 23.4 Å². The van der Waals surface area contributed by atoms with Gasteiger partial charge in [0, 0.05) is 26.0 Å². The molecule has 0 fully saturated rings. The Kier molecular flexibility index (Phi) is 4.55. The Bertz CT molecular complexity index is 892. The number of hydrogen-bond donors (Lipinski definition) is 3. The van der Waals surface area contributed by atoms with Gasteiger partial charge in [-0.15, -0.1) is 0 Å². The van der Waals surface area contributed by atoms with Crippen LogP contribution in [0, 0.1) is 5.82 Å². The van der Waals surface area contributed by atoms with Gasteiger partial charge in [0.05, 0.1) is 17.4 Å². The van der Waals surface area contributed by atoms with Crippen LogP contribution in [0.4, 0.5) is 21.8 Å². The van der Waals surface area contributed by atoms with E-state index in [1.54, 1.807) is 36.3 Å². The van der Waals surface area contributed by atoms with Crippen LogP contribution in [-0.2, 0) is 13.6 Å². The highest BCUT2D eigenvalue weighted by molar-refractivity contribution is 5.97. The molecule has 1 amide bonds. The van der Waals surface area contributed by atoms with E-state index in [0.29, 0.717) is 24.0 Å². The predicted molar refractivity (Wildman–Crippen MR) is 90.8 cm³/mol. The van der Waals surface area contributed by atoms with Crippen LogP contribution in [0.2, 0.25) is 0 Å². The molecule has 3 aromatic rings. The van der Waals surface area contributed by atoms with Crippen LogP contribution < -0.4 is 16.4 Å². The van der Waals surface area contributed by atoms with E-state index in [-0.39, 0.29) is 11.4 Å². The topological polar surface area (TPSA) is 111 Å². The average Bonchev–Trinajstić information content (AvgIpc) is 2.99. The summed E-state index contributed by atoms with van der Waals surface area (Å²) >= 11 is 0. The molecule has 4 N–H and O–H groups in total. The molecular weight excluding hydrogens is 325 g/mol. The van der Waals surface area contributed by atoms with E-state index in [0.717, 1.165) is 5.56 Å². The molecule has 0 spiro atoms. The van der Waals surface area contributed by atoms with E-state index in [1.165, 1.54) is 18.3 Å². The third-order valence-corrected chi connectivity index (χ3v) is 3.39. The Morgan fingerprint density at radius 2 is 2.04 bits per heavy atom. The minimum atomic E-state index is -0.644. The normalized spacial score (nSPS) is 10.5. The van der Waals surface area contributed by atoms with Crippen molar-refractivity contribution in [1.29, 1.82) is 0 Å². The van der Waals surface area contributed by atoms with Crippen LogP contribution in [0.25, 0.3) is 0 Å². The smallest absolute Gasteiger partial charge is 0.254 e. The number of aryl methyl sites for hydroxylation is 1. The quantitative estimate of drug-likeness (QED) is 0.630. The molecule has 0 radical (unpaired) electrons. The minimum Gasteiger partial charge on any atom is -0.365 e. The Balaban J connectivity index is 1.80. The lowest BCUT2D eigenvalue weighted by atomic mass is 10.2. The summed E-state index contributed by atoms with van der Waals surface area (Å²) in [5.41, 5.74) is 7.07. The summed E-state index contributed by atoms with van der Waals surface area (Å²) in [6, 6.07) is 6.01. The second-order valence-electron chi connectivity index (χ2n) is 5.33. The lowest BCUT2D eigenvalue weighted by molar-refractivity contribution is 0.100. The highest BCUT2D eigenvalue weighted by Gasteiger charge is 2.12. The number of carbonyl (C=O) groups excluding carboxylic acids is 1. The highest BCUT2D eigenvalue weighted by Crippen LogP contribution is 2.18. The van der Waals surface area contributed by atoms with Crippen molar-refractivity contribution in [3.63, 3.8) is 0 Å². The molecule has 25 heavy (non-hydrogen) atoms. The van der Waals surface area contributed by atoms with Gasteiger partial charge in [-0.2, -0.15) is 10.1 Å². The molecule has 0 aliphatic carbocycles. The van der Waals surface area contributed by atoms with Crippen LogP contribution in [-0.4, -0.2) is 25.7 Å². The van der Waals surface area contributed by atoms with E-state index in [2.05, 4.69) is 25.7 Å². The fraction of sp³-hybridized carbons (Fsp3) is 0.125. The number of halogens is 1.